The van der Waals surface area contributed by atoms with Gasteiger partial charge in [-0.15, -0.1) is 0 Å². The minimum absolute atomic E-state index is 0.0279. The predicted molar refractivity (Wildman–Crippen MR) is 89.6 cm³/mol. The Hall–Kier alpha value is -1.49. The van der Waals surface area contributed by atoms with Crippen molar-refractivity contribution in [2.45, 2.75) is 6.42 Å². The molecule has 0 heterocycles. The Kier molecular flexibility index (Phi) is 5.89. The number of carbonyl (C=O) groups excluding carboxylic acids is 1. The van der Waals surface area contributed by atoms with Gasteiger partial charge in [0.25, 0.3) is 0 Å². The van der Waals surface area contributed by atoms with Crippen LogP contribution in [0.2, 0.25) is 15.1 Å². The summed E-state index contributed by atoms with van der Waals surface area (Å²) < 4.78 is 13.0. The van der Waals surface area contributed by atoms with Crippen LogP contribution in [0.1, 0.15) is 6.42 Å². The second-order valence-electron chi connectivity index (χ2n) is 4.46. The number of nitrogens with one attached hydrogen (secondary N) is 2. The van der Waals surface area contributed by atoms with Crippen molar-refractivity contribution in [1.82, 2.24) is 0 Å². The summed E-state index contributed by atoms with van der Waals surface area (Å²) >= 11 is 17.5. The Morgan fingerprint density at radius 1 is 1.09 bits per heavy atom. The summed E-state index contributed by atoms with van der Waals surface area (Å²) in [7, 11) is 0. The number of hydrogen-bond acceptors (Lipinski definition) is 2. The van der Waals surface area contributed by atoms with Gasteiger partial charge in [-0.2, -0.15) is 0 Å². The zero-order valence-corrected chi connectivity index (χ0v) is 13.6. The summed E-state index contributed by atoms with van der Waals surface area (Å²) in [4.78, 5) is 11.8. The SMILES string of the molecule is O=C(CCNc1ccc(F)c(Cl)c1)Nc1cccc(Cl)c1Cl. The van der Waals surface area contributed by atoms with Crippen molar-refractivity contribution in [1.29, 1.82) is 0 Å². The normalized spacial score (nSPS) is 10.4. The Morgan fingerprint density at radius 3 is 2.59 bits per heavy atom. The fourth-order valence-electron chi connectivity index (χ4n) is 1.74. The number of hydrogen-bond donors (Lipinski definition) is 2. The molecule has 0 fully saturated rings. The second-order valence-corrected chi connectivity index (χ2v) is 5.65. The number of carbonyl (C=O) groups is 1. The Bertz CT molecular complexity index is 694. The van der Waals surface area contributed by atoms with E-state index in [1.807, 2.05) is 0 Å². The standard InChI is InChI=1S/C15H12Cl3FN2O/c16-10-2-1-3-13(15(10)18)21-14(22)6-7-20-9-4-5-12(19)11(17)8-9/h1-5,8,20H,6-7H2,(H,21,22). The Balaban J connectivity index is 1.85. The van der Waals surface area contributed by atoms with Gasteiger partial charge in [-0.3, -0.25) is 4.79 Å². The van der Waals surface area contributed by atoms with Crippen LogP contribution in [0.25, 0.3) is 0 Å². The van der Waals surface area contributed by atoms with Gasteiger partial charge in [0.05, 0.1) is 20.8 Å². The maximum Gasteiger partial charge on any atom is 0.226 e. The second kappa shape index (κ2) is 7.68. The highest BCUT2D eigenvalue weighted by Crippen LogP contribution is 2.29. The van der Waals surface area contributed by atoms with Gasteiger partial charge in [0.2, 0.25) is 5.91 Å². The van der Waals surface area contributed by atoms with Crippen LogP contribution in [0.5, 0.6) is 0 Å². The summed E-state index contributed by atoms with van der Waals surface area (Å²) in [5.41, 5.74) is 1.10. The van der Waals surface area contributed by atoms with E-state index in [9.17, 15) is 9.18 Å². The van der Waals surface area contributed by atoms with E-state index in [-0.39, 0.29) is 17.4 Å². The largest absolute Gasteiger partial charge is 0.384 e. The first-order valence-corrected chi connectivity index (χ1v) is 7.53. The topological polar surface area (TPSA) is 41.1 Å². The maximum absolute atomic E-state index is 13.0. The third-order valence-electron chi connectivity index (χ3n) is 2.83. The van der Waals surface area contributed by atoms with Crippen molar-refractivity contribution < 1.29 is 9.18 Å². The third-order valence-corrected chi connectivity index (χ3v) is 3.94. The molecule has 0 radical (unpaired) electrons. The summed E-state index contributed by atoms with van der Waals surface area (Å²) in [5.74, 6) is -0.703. The minimum atomic E-state index is -0.486. The summed E-state index contributed by atoms with van der Waals surface area (Å²) in [6, 6.07) is 9.27. The van der Waals surface area contributed by atoms with Crippen LogP contribution in [-0.2, 0) is 4.79 Å². The zero-order valence-electron chi connectivity index (χ0n) is 11.3. The van der Waals surface area contributed by atoms with Crippen molar-refractivity contribution in [2.24, 2.45) is 0 Å². The van der Waals surface area contributed by atoms with Crippen molar-refractivity contribution in [3.8, 4) is 0 Å². The summed E-state index contributed by atoms with van der Waals surface area (Å²) in [6.07, 6.45) is 0.206. The van der Waals surface area contributed by atoms with E-state index in [1.165, 1.54) is 12.1 Å². The number of amides is 1. The molecule has 1 amide bonds. The lowest BCUT2D eigenvalue weighted by Crippen LogP contribution is -2.16. The first kappa shape index (κ1) is 16.9. The number of rotatable bonds is 5. The fraction of sp³-hybridized carbons (Fsp3) is 0.133. The average molecular weight is 362 g/mol. The quantitative estimate of drug-likeness (QED) is 0.766. The van der Waals surface area contributed by atoms with Crippen LogP contribution in [0.4, 0.5) is 15.8 Å². The van der Waals surface area contributed by atoms with E-state index in [0.717, 1.165) is 0 Å². The molecule has 0 saturated carbocycles. The van der Waals surface area contributed by atoms with Crippen LogP contribution in [-0.4, -0.2) is 12.5 Å². The lowest BCUT2D eigenvalue weighted by Gasteiger charge is -2.09. The molecule has 2 N–H and O–H groups in total. The van der Waals surface area contributed by atoms with Gasteiger partial charge in [-0.1, -0.05) is 40.9 Å². The van der Waals surface area contributed by atoms with E-state index in [0.29, 0.717) is 28.0 Å². The number of anilines is 2. The molecule has 3 nitrogen and oxygen atoms in total. The molecule has 7 heteroatoms. The van der Waals surface area contributed by atoms with Crippen LogP contribution in [0.3, 0.4) is 0 Å². The average Bonchev–Trinajstić information content (AvgIpc) is 2.48. The van der Waals surface area contributed by atoms with Gasteiger partial charge in [0, 0.05) is 18.7 Å². The summed E-state index contributed by atoms with van der Waals surface area (Å²) in [6.45, 7) is 0.367. The van der Waals surface area contributed by atoms with Crippen LogP contribution >= 0.6 is 34.8 Å². The molecule has 0 aliphatic rings. The highest BCUT2D eigenvalue weighted by molar-refractivity contribution is 6.44. The third kappa shape index (κ3) is 4.50. The van der Waals surface area contributed by atoms with Crippen molar-refractivity contribution in [3.05, 3.63) is 57.3 Å². The summed E-state index contributed by atoms with van der Waals surface area (Å²) in [5, 5.41) is 6.36. The van der Waals surface area contributed by atoms with Crippen LogP contribution in [0.15, 0.2) is 36.4 Å². The van der Waals surface area contributed by atoms with Gasteiger partial charge in [0.1, 0.15) is 5.82 Å². The molecule has 22 heavy (non-hydrogen) atoms. The van der Waals surface area contributed by atoms with Gasteiger partial charge in [-0.05, 0) is 30.3 Å². The number of halogens is 4. The molecular weight excluding hydrogens is 350 g/mol. The molecule has 0 bridgehead atoms. The minimum Gasteiger partial charge on any atom is -0.384 e. The molecule has 0 aliphatic heterocycles. The smallest absolute Gasteiger partial charge is 0.226 e. The Morgan fingerprint density at radius 2 is 1.86 bits per heavy atom. The molecule has 2 aromatic carbocycles. The van der Waals surface area contributed by atoms with E-state index >= 15 is 0 Å². The molecule has 116 valence electrons. The maximum atomic E-state index is 13.0. The molecule has 0 unspecified atom stereocenters. The van der Waals surface area contributed by atoms with Crippen LogP contribution < -0.4 is 10.6 Å². The van der Waals surface area contributed by atoms with Gasteiger partial charge in [-0.25, -0.2) is 4.39 Å². The molecule has 0 aliphatic carbocycles. The van der Waals surface area contributed by atoms with E-state index in [1.54, 1.807) is 24.3 Å². The van der Waals surface area contributed by atoms with E-state index < -0.39 is 5.82 Å². The van der Waals surface area contributed by atoms with Gasteiger partial charge < -0.3 is 10.6 Å². The van der Waals surface area contributed by atoms with Gasteiger partial charge >= 0.3 is 0 Å². The highest BCUT2D eigenvalue weighted by atomic mass is 35.5. The number of benzene rings is 2. The monoisotopic (exact) mass is 360 g/mol. The first-order chi connectivity index (χ1) is 10.5. The van der Waals surface area contributed by atoms with Crippen molar-refractivity contribution >= 4 is 52.1 Å². The molecular formula is C15H12Cl3FN2O. The van der Waals surface area contributed by atoms with Gasteiger partial charge in [0.15, 0.2) is 0 Å². The molecule has 2 rings (SSSR count). The zero-order chi connectivity index (χ0) is 16.1. The molecule has 0 saturated heterocycles. The lowest BCUT2D eigenvalue weighted by atomic mass is 10.3. The van der Waals surface area contributed by atoms with E-state index in [2.05, 4.69) is 10.6 Å². The molecule has 0 aromatic heterocycles. The molecule has 0 atom stereocenters. The highest BCUT2D eigenvalue weighted by Gasteiger charge is 2.08. The van der Waals surface area contributed by atoms with Crippen molar-refractivity contribution in [3.63, 3.8) is 0 Å². The van der Waals surface area contributed by atoms with Crippen molar-refractivity contribution in [2.75, 3.05) is 17.2 Å². The van der Waals surface area contributed by atoms with E-state index in [4.69, 9.17) is 34.8 Å². The molecule has 0 spiro atoms. The Labute approximate surface area is 142 Å². The molecule has 2 aromatic rings. The van der Waals surface area contributed by atoms with Crippen LogP contribution in [0, 0.1) is 5.82 Å². The lowest BCUT2D eigenvalue weighted by molar-refractivity contribution is -0.115. The predicted octanol–water partition coefficient (Wildman–Crippen LogP) is 5.23. The first-order valence-electron chi connectivity index (χ1n) is 6.40. The fourth-order valence-corrected chi connectivity index (χ4v) is 2.27.